The van der Waals surface area contributed by atoms with Crippen molar-refractivity contribution in [2.24, 2.45) is 5.92 Å². The molecule has 0 spiro atoms. The Hall–Kier alpha value is -2.40. The van der Waals surface area contributed by atoms with Gasteiger partial charge in [0.15, 0.2) is 0 Å². The van der Waals surface area contributed by atoms with Crippen LogP contribution in [-0.2, 0) is 6.54 Å². The fraction of sp³-hybridized carbons (Fsp3) is 0.316. The summed E-state index contributed by atoms with van der Waals surface area (Å²) in [6.45, 7) is 2.54. The van der Waals surface area contributed by atoms with E-state index >= 15 is 0 Å². The number of carbonyl (C=O) groups is 1. The Morgan fingerprint density at radius 1 is 1.28 bits per heavy atom. The van der Waals surface area contributed by atoms with Gasteiger partial charge in [0.1, 0.15) is 0 Å². The molecule has 130 valence electrons. The number of rotatable bonds is 6. The maximum atomic E-state index is 13.1. The summed E-state index contributed by atoms with van der Waals surface area (Å²) in [6.07, 6.45) is 2.24. The van der Waals surface area contributed by atoms with Crippen LogP contribution in [0, 0.1) is 16.0 Å². The highest BCUT2D eigenvalue weighted by molar-refractivity contribution is 6.34. The fourth-order valence-corrected chi connectivity index (χ4v) is 3.22. The lowest BCUT2D eigenvalue weighted by Crippen LogP contribution is -2.39. The first kappa shape index (κ1) is 17.4. The molecule has 1 saturated carbocycles. The van der Waals surface area contributed by atoms with Crippen molar-refractivity contribution in [1.82, 2.24) is 4.90 Å². The Bertz CT molecular complexity index is 791. The SMILES string of the molecule is C[C@@H](C1CC1)N(Cc1ccccc1)C(=O)c1ccc([N+](=O)[O-])cc1Cl. The van der Waals surface area contributed by atoms with Crippen LogP contribution in [0.4, 0.5) is 5.69 Å². The normalized spacial score (nSPS) is 14.8. The molecule has 0 aliphatic heterocycles. The van der Waals surface area contributed by atoms with E-state index in [2.05, 4.69) is 6.92 Å². The van der Waals surface area contributed by atoms with Gasteiger partial charge < -0.3 is 4.90 Å². The molecule has 1 amide bonds. The second-order valence-corrected chi connectivity index (χ2v) is 6.83. The zero-order chi connectivity index (χ0) is 18.0. The number of nitro benzene ring substituents is 1. The summed E-state index contributed by atoms with van der Waals surface area (Å²) in [5, 5.41) is 11.0. The average Bonchev–Trinajstić information content (AvgIpc) is 3.44. The van der Waals surface area contributed by atoms with Crippen molar-refractivity contribution in [3.8, 4) is 0 Å². The summed E-state index contributed by atoms with van der Waals surface area (Å²) in [5.74, 6) is 0.313. The van der Waals surface area contributed by atoms with Crippen molar-refractivity contribution in [3.05, 3.63) is 74.8 Å². The molecule has 1 atom stereocenters. The summed E-state index contributed by atoms with van der Waals surface area (Å²) in [6, 6.07) is 13.9. The molecule has 0 N–H and O–H groups in total. The van der Waals surface area contributed by atoms with Crippen molar-refractivity contribution in [2.45, 2.75) is 32.4 Å². The van der Waals surface area contributed by atoms with Gasteiger partial charge >= 0.3 is 0 Å². The number of nitrogens with zero attached hydrogens (tertiary/aromatic N) is 2. The van der Waals surface area contributed by atoms with Gasteiger partial charge in [0, 0.05) is 24.7 Å². The van der Waals surface area contributed by atoms with Gasteiger partial charge in [-0.05, 0) is 37.3 Å². The molecular formula is C19H19ClN2O3. The van der Waals surface area contributed by atoms with Crippen molar-refractivity contribution in [2.75, 3.05) is 0 Å². The lowest BCUT2D eigenvalue weighted by atomic mass is 10.1. The maximum Gasteiger partial charge on any atom is 0.270 e. The van der Waals surface area contributed by atoms with Crippen LogP contribution in [0.5, 0.6) is 0 Å². The van der Waals surface area contributed by atoms with Crippen LogP contribution in [-0.4, -0.2) is 21.8 Å². The summed E-state index contributed by atoms with van der Waals surface area (Å²) >= 11 is 6.16. The minimum Gasteiger partial charge on any atom is -0.331 e. The van der Waals surface area contributed by atoms with E-state index in [9.17, 15) is 14.9 Å². The van der Waals surface area contributed by atoms with Crippen LogP contribution < -0.4 is 0 Å². The van der Waals surface area contributed by atoms with Crippen molar-refractivity contribution in [1.29, 1.82) is 0 Å². The predicted octanol–water partition coefficient (Wildman–Crippen LogP) is 4.69. The Labute approximate surface area is 151 Å². The number of non-ortho nitro benzene ring substituents is 1. The third-order valence-electron chi connectivity index (χ3n) is 4.65. The monoisotopic (exact) mass is 358 g/mol. The fourth-order valence-electron chi connectivity index (χ4n) is 2.96. The number of halogens is 1. The minimum atomic E-state index is -0.519. The zero-order valence-electron chi connectivity index (χ0n) is 13.9. The maximum absolute atomic E-state index is 13.1. The van der Waals surface area contributed by atoms with Crippen LogP contribution >= 0.6 is 11.6 Å². The smallest absolute Gasteiger partial charge is 0.270 e. The molecule has 5 nitrogen and oxygen atoms in total. The first-order valence-corrected chi connectivity index (χ1v) is 8.64. The number of hydrogen-bond donors (Lipinski definition) is 0. The van der Waals surface area contributed by atoms with Gasteiger partial charge in [0.05, 0.1) is 15.5 Å². The zero-order valence-corrected chi connectivity index (χ0v) is 14.6. The molecule has 6 heteroatoms. The summed E-state index contributed by atoms with van der Waals surface area (Å²) in [4.78, 5) is 25.3. The summed E-state index contributed by atoms with van der Waals surface area (Å²) < 4.78 is 0. The van der Waals surface area contributed by atoms with Crippen LogP contribution in [0.1, 0.15) is 35.7 Å². The van der Waals surface area contributed by atoms with E-state index in [0.29, 0.717) is 18.0 Å². The Morgan fingerprint density at radius 3 is 2.52 bits per heavy atom. The van der Waals surface area contributed by atoms with E-state index in [1.807, 2.05) is 35.2 Å². The first-order chi connectivity index (χ1) is 12.0. The van der Waals surface area contributed by atoms with Gasteiger partial charge in [-0.25, -0.2) is 0 Å². The standard InChI is InChI=1S/C19H19ClN2O3/c1-13(15-7-8-15)21(12-14-5-3-2-4-6-14)19(23)17-10-9-16(22(24)25)11-18(17)20/h2-6,9-11,13,15H,7-8,12H2,1H3/t13-/m0/s1. The highest BCUT2D eigenvalue weighted by Gasteiger charge is 2.35. The quantitative estimate of drug-likeness (QED) is 0.556. The number of benzene rings is 2. The average molecular weight is 359 g/mol. The second-order valence-electron chi connectivity index (χ2n) is 6.42. The number of nitro groups is 1. The summed E-state index contributed by atoms with van der Waals surface area (Å²) in [5.41, 5.74) is 1.23. The highest BCUT2D eigenvalue weighted by atomic mass is 35.5. The van der Waals surface area contributed by atoms with E-state index in [-0.39, 0.29) is 22.7 Å². The number of hydrogen-bond acceptors (Lipinski definition) is 3. The third kappa shape index (κ3) is 3.99. The highest BCUT2D eigenvalue weighted by Crippen LogP contribution is 2.37. The van der Waals surface area contributed by atoms with Crippen molar-refractivity contribution < 1.29 is 9.72 Å². The number of amides is 1. The van der Waals surface area contributed by atoms with Crippen LogP contribution in [0.3, 0.4) is 0 Å². The molecule has 0 saturated heterocycles. The molecule has 1 aliphatic carbocycles. The van der Waals surface area contributed by atoms with E-state index in [1.54, 1.807) is 0 Å². The lowest BCUT2D eigenvalue weighted by Gasteiger charge is -2.30. The van der Waals surface area contributed by atoms with Gasteiger partial charge in [0.25, 0.3) is 11.6 Å². The molecule has 2 aromatic rings. The summed E-state index contributed by atoms with van der Waals surface area (Å²) in [7, 11) is 0. The molecule has 0 radical (unpaired) electrons. The Balaban J connectivity index is 1.89. The van der Waals surface area contributed by atoms with Gasteiger partial charge in [0.2, 0.25) is 0 Å². The largest absolute Gasteiger partial charge is 0.331 e. The molecular weight excluding hydrogens is 340 g/mol. The van der Waals surface area contributed by atoms with Crippen molar-refractivity contribution >= 4 is 23.2 Å². The first-order valence-electron chi connectivity index (χ1n) is 8.26. The molecule has 3 rings (SSSR count). The number of carbonyl (C=O) groups excluding carboxylic acids is 1. The van der Waals surface area contributed by atoms with Crippen LogP contribution in [0.25, 0.3) is 0 Å². The molecule has 2 aromatic carbocycles. The van der Waals surface area contributed by atoms with Gasteiger partial charge in [-0.3, -0.25) is 14.9 Å². The molecule has 25 heavy (non-hydrogen) atoms. The third-order valence-corrected chi connectivity index (χ3v) is 4.96. The predicted molar refractivity (Wildman–Crippen MR) is 96.6 cm³/mol. The van der Waals surface area contributed by atoms with Crippen LogP contribution in [0.2, 0.25) is 5.02 Å². The molecule has 0 aromatic heterocycles. The lowest BCUT2D eigenvalue weighted by molar-refractivity contribution is -0.384. The van der Waals surface area contributed by atoms with Gasteiger partial charge in [-0.1, -0.05) is 41.9 Å². The molecule has 0 heterocycles. The molecule has 1 fully saturated rings. The Kier molecular flexibility index (Phi) is 5.04. The molecule has 1 aliphatic rings. The Morgan fingerprint density at radius 2 is 1.96 bits per heavy atom. The van der Waals surface area contributed by atoms with E-state index < -0.39 is 4.92 Å². The van der Waals surface area contributed by atoms with E-state index in [0.717, 1.165) is 18.4 Å². The molecule has 0 bridgehead atoms. The van der Waals surface area contributed by atoms with E-state index in [4.69, 9.17) is 11.6 Å². The van der Waals surface area contributed by atoms with Crippen LogP contribution in [0.15, 0.2) is 48.5 Å². The van der Waals surface area contributed by atoms with Crippen molar-refractivity contribution in [3.63, 3.8) is 0 Å². The minimum absolute atomic E-state index is 0.0963. The second kappa shape index (κ2) is 7.23. The van der Waals surface area contributed by atoms with Gasteiger partial charge in [-0.15, -0.1) is 0 Å². The van der Waals surface area contributed by atoms with Gasteiger partial charge in [-0.2, -0.15) is 0 Å². The molecule has 0 unspecified atom stereocenters. The van der Waals surface area contributed by atoms with E-state index in [1.165, 1.54) is 18.2 Å². The topological polar surface area (TPSA) is 63.5 Å².